The molecule has 1 atom stereocenters. The molecule has 0 aliphatic carbocycles. The van der Waals surface area contributed by atoms with Gasteiger partial charge in [-0.05, 0) is 25.2 Å². The highest BCUT2D eigenvalue weighted by molar-refractivity contribution is 4.67. The fourth-order valence-electron chi connectivity index (χ4n) is 2.56. The zero-order chi connectivity index (χ0) is 14.7. The molecule has 0 amide bonds. The van der Waals surface area contributed by atoms with E-state index in [1.807, 2.05) is 0 Å². The Bertz CT molecular complexity index is 180. The lowest BCUT2D eigenvalue weighted by Crippen LogP contribution is -2.39. The number of rotatable bonds is 12. The first kappa shape index (κ1) is 18.9. The van der Waals surface area contributed by atoms with E-state index in [2.05, 4.69) is 51.8 Å². The second-order valence-corrected chi connectivity index (χ2v) is 6.90. The molecule has 2 heteroatoms. The Balaban J connectivity index is 3.77. The molecule has 116 valence electrons. The summed E-state index contributed by atoms with van der Waals surface area (Å²) in [7, 11) is 0. The third-order valence-electron chi connectivity index (χ3n) is 3.41. The smallest absolute Gasteiger partial charge is 0.0107 e. The minimum Gasteiger partial charge on any atom is -0.313 e. The highest BCUT2D eigenvalue weighted by Crippen LogP contribution is 2.04. The second kappa shape index (κ2) is 11.7. The SMILES string of the molecule is CCCCCC(C)NCCN(CC(C)C)CC(C)C. The van der Waals surface area contributed by atoms with Crippen molar-refractivity contribution >= 4 is 0 Å². The molecule has 1 N–H and O–H groups in total. The van der Waals surface area contributed by atoms with Crippen LogP contribution in [-0.2, 0) is 0 Å². The van der Waals surface area contributed by atoms with Crippen LogP contribution in [0.1, 0.15) is 67.2 Å². The van der Waals surface area contributed by atoms with Crippen LogP contribution >= 0.6 is 0 Å². The van der Waals surface area contributed by atoms with Gasteiger partial charge < -0.3 is 10.2 Å². The summed E-state index contributed by atoms with van der Waals surface area (Å²) in [5.74, 6) is 1.53. The van der Waals surface area contributed by atoms with E-state index in [1.54, 1.807) is 0 Å². The van der Waals surface area contributed by atoms with Crippen LogP contribution in [-0.4, -0.2) is 37.1 Å². The monoisotopic (exact) mass is 270 g/mol. The second-order valence-electron chi connectivity index (χ2n) is 6.90. The molecule has 0 aliphatic heterocycles. The van der Waals surface area contributed by atoms with Crippen LogP contribution in [0.15, 0.2) is 0 Å². The summed E-state index contributed by atoms with van der Waals surface area (Å²) in [5, 5.41) is 3.68. The van der Waals surface area contributed by atoms with Crippen molar-refractivity contribution in [1.82, 2.24) is 10.2 Å². The summed E-state index contributed by atoms with van der Waals surface area (Å²) in [6.45, 7) is 18.6. The lowest BCUT2D eigenvalue weighted by Gasteiger charge is -2.27. The molecule has 0 saturated carbocycles. The van der Waals surface area contributed by atoms with Gasteiger partial charge in [-0.1, -0.05) is 53.9 Å². The predicted octanol–water partition coefficient (Wildman–Crippen LogP) is 4.16. The molecule has 0 aliphatic rings. The van der Waals surface area contributed by atoms with Gasteiger partial charge in [0.05, 0.1) is 0 Å². The van der Waals surface area contributed by atoms with Crippen molar-refractivity contribution < 1.29 is 0 Å². The summed E-state index contributed by atoms with van der Waals surface area (Å²) in [5.41, 5.74) is 0. The molecule has 0 fully saturated rings. The Morgan fingerprint density at radius 1 is 0.895 bits per heavy atom. The van der Waals surface area contributed by atoms with Crippen molar-refractivity contribution in [2.45, 2.75) is 73.3 Å². The number of unbranched alkanes of at least 4 members (excludes halogenated alkanes) is 2. The average Bonchev–Trinajstić information content (AvgIpc) is 2.27. The highest BCUT2D eigenvalue weighted by atomic mass is 15.1. The van der Waals surface area contributed by atoms with E-state index < -0.39 is 0 Å². The van der Waals surface area contributed by atoms with Gasteiger partial charge in [-0.2, -0.15) is 0 Å². The Morgan fingerprint density at radius 2 is 1.47 bits per heavy atom. The molecule has 0 spiro atoms. The minimum atomic E-state index is 0.673. The first-order valence-electron chi connectivity index (χ1n) is 8.41. The quantitative estimate of drug-likeness (QED) is 0.536. The minimum absolute atomic E-state index is 0.673. The molecule has 0 saturated heterocycles. The molecule has 0 aromatic carbocycles. The molecule has 0 rings (SSSR count). The maximum absolute atomic E-state index is 3.68. The van der Waals surface area contributed by atoms with Gasteiger partial charge in [0.25, 0.3) is 0 Å². The van der Waals surface area contributed by atoms with E-state index in [0.717, 1.165) is 18.4 Å². The fraction of sp³-hybridized carbons (Fsp3) is 1.00. The van der Waals surface area contributed by atoms with Crippen LogP contribution in [0.3, 0.4) is 0 Å². The van der Waals surface area contributed by atoms with Crippen LogP contribution in [0.4, 0.5) is 0 Å². The molecule has 0 radical (unpaired) electrons. The molecule has 1 unspecified atom stereocenters. The standard InChI is InChI=1S/C17H38N2/c1-7-8-9-10-17(6)18-11-12-19(13-15(2)3)14-16(4)5/h15-18H,7-14H2,1-6H3. The number of nitrogens with one attached hydrogen (secondary N) is 1. The van der Waals surface area contributed by atoms with Gasteiger partial charge in [0, 0.05) is 32.2 Å². The molecular formula is C17H38N2. The van der Waals surface area contributed by atoms with Gasteiger partial charge in [-0.25, -0.2) is 0 Å². The van der Waals surface area contributed by atoms with Gasteiger partial charge in [-0.3, -0.25) is 0 Å². The molecule has 0 aromatic rings. The van der Waals surface area contributed by atoms with E-state index in [-0.39, 0.29) is 0 Å². The maximum Gasteiger partial charge on any atom is 0.0107 e. The van der Waals surface area contributed by atoms with Crippen LogP contribution < -0.4 is 5.32 Å². The average molecular weight is 271 g/mol. The Kier molecular flexibility index (Phi) is 11.7. The van der Waals surface area contributed by atoms with Crippen molar-refractivity contribution in [2.24, 2.45) is 11.8 Å². The first-order chi connectivity index (χ1) is 8.95. The number of nitrogens with zero attached hydrogens (tertiary/aromatic N) is 1. The van der Waals surface area contributed by atoms with Crippen LogP contribution in [0.25, 0.3) is 0 Å². The lowest BCUT2D eigenvalue weighted by atomic mass is 10.1. The highest BCUT2D eigenvalue weighted by Gasteiger charge is 2.09. The van der Waals surface area contributed by atoms with Gasteiger partial charge in [-0.15, -0.1) is 0 Å². The summed E-state index contributed by atoms with van der Waals surface area (Å²) >= 11 is 0. The van der Waals surface area contributed by atoms with Crippen molar-refractivity contribution in [2.75, 3.05) is 26.2 Å². The lowest BCUT2D eigenvalue weighted by molar-refractivity contribution is 0.217. The van der Waals surface area contributed by atoms with E-state index in [9.17, 15) is 0 Å². The zero-order valence-corrected chi connectivity index (χ0v) is 14.3. The largest absolute Gasteiger partial charge is 0.313 e. The van der Waals surface area contributed by atoms with E-state index in [1.165, 1.54) is 45.3 Å². The number of hydrogen-bond acceptors (Lipinski definition) is 2. The van der Waals surface area contributed by atoms with E-state index >= 15 is 0 Å². The van der Waals surface area contributed by atoms with Crippen molar-refractivity contribution in [1.29, 1.82) is 0 Å². The number of hydrogen-bond donors (Lipinski definition) is 1. The summed E-state index contributed by atoms with van der Waals surface area (Å²) in [6.07, 6.45) is 5.39. The van der Waals surface area contributed by atoms with Gasteiger partial charge >= 0.3 is 0 Å². The van der Waals surface area contributed by atoms with Crippen LogP contribution in [0.2, 0.25) is 0 Å². The van der Waals surface area contributed by atoms with Gasteiger partial charge in [0.15, 0.2) is 0 Å². The maximum atomic E-state index is 3.68. The van der Waals surface area contributed by atoms with E-state index in [0.29, 0.717) is 6.04 Å². The predicted molar refractivity (Wildman–Crippen MR) is 87.7 cm³/mol. The van der Waals surface area contributed by atoms with Crippen molar-refractivity contribution in [3.05, 3.63) is 0 Å². The molecular weight excluding hydrogens is 232 g/mol. The first-order valence-corrected chi connectivity index (χ1v) is 8.41. The topological polar surface area (TPSA) is 15.3 Å². The molecule has 0 heterocycles. The Labute approximate surface area is 122 Å². The molecule has 0 bridgehead atoms. The Morgan fingerprint density at radius 3 is 1.95 bits per heavy atom. The van der Waals surface area contributed by atoms with Crippen LogP contribution in [0, 0.1) is 11.8 Å². The molecule has 19 heavy (non-hydrogen) atoms. The van der Waals surface area contributed by atoms with E-state index in [4.69, 9.17) is 0 Å². The fourth-order valence-corrected chi connectivity index (χ4v) is 2.56. The third kappa shape index (κ3) is 12.7. The van der Waals surface area contributed by atoms with Crippen molar-refractivity contribution in [3.8, 4) is 0 Å². The van der Waals surface area contributed by atoms with Gasteiger partial charge in [0.1, 0.15) is 0 Å². The normalized spacial score (nSPS) is 13.7. The molecule has 0 aromatic heterocycles. The summed E-state index contributed by atoms with van der Waals surface area (Å²) in [4.78, 5) is 2.61. The van der Waals surface area contributed by atoms with Crippen molar-refractivity contribution in [3.63, 3.8) is 0 Å². The third-order valence-corrected chi connectivity index (χ3v) is 3.41. The van der Waals surface area contributed by atoms with Crippen LogP contribution in [0.5, 0.6) is 0 Å². The summed E-state index contributed by atoms with van der Waals surface area (Å²) in [6, 6.07) is 0.673. The van der Waals surface area contributed by atoms with Gasteiger partial charge in [0.2, 0.25) is 0 Å². The Hall–Kier alpha value is -0.0800. The zero-order valence-electron chi connectivity index (χ0n) is 14.3. The summed E-state index contributed by atoms with van der Waals surface area (Å²) < 4.78 is 0. The molecule has 2 nitrogen and oxygen atoms in total.